The third kappa shape index (κ3) is 2.58. The second kappa shape index (κ2) is 5.21. The maximum Gasteiger partial charge on any atom is 0.180 e. The summed E-state index contributed by atoms with van der Waals surface area (Å²) < 4.78 is 26.1. The molecular formula is C13H15F2N3S. The second-order valence-electron chi connectivity index (χ2n) is 4.72. The Kier molecular flexibility index (Phi) is 3.80. The molecule has 0 aliphatic carbocycles. The highest BCUT2D eigenvalue weighted by Crippen LogP contribution is 2.33. The van der Waals surface area contributed by atoms with Crippen LogP contribution in [0.5, 0.6) is 0 Å². The maximum absolute atomic E-state index is 13.0. The van der Waals surface area contributed by atoms with E-state index in [0.717, 1.165) is 16.1 Å². The van der Waals surface area contributed by atoms with Gasteiger partial charge in [-0.25, -0.2) is 13.8 Å². The number of halogens is 2. The third-order valence-corrected chi connectivity index (χ3v) is 4.08. The number of anilines is 1. The number of nitrogens with zero attached hydrogens (tertiary/aromatic N) is 2. The Bertz CT molecular complexity index is 579. The molecule has 0 radical (unpaired) electrons. The number of hydrogen-bond acceptors (Lipinski definition) is 4. The highest BCUT2D eigenvalue weighted by Gasteiger charge is 2.29. The minimum absolute atomic E-state index is 0.404. The molecule has 2 rings (SSSR count). The van der Waals surface area contributed by atoms with Gasteiger partial charge in [0.25, 0.3) is 0 Å². The molecule has 0 spiro atoms. The average Bonchev–Trinajstić information content (AvgIpc) is 2.77. The van der Waals surface area contributed by atoms with Crippen molar-refractivity contribution in [1.82, 2.24) is 9.97 Å². The standard InChI is InChI=1S/C13H15F2N3S/c1-8-11(19-12(16)18-8)9-3-4-17-10(5-9)13(2,6-14)7-15/h3-5H,6-7H2,1-2H3,(H2,16,18). The first-order valence-electron chi connectivity index (χ1n) is 5.82. The minimum atomic E-state index is -1.19. The first-order valence-corrected chi connectivity index (χ1v) is 6.63. The zero-order valence-corrected chi connectivity index (χ0v) is 11.6. The quantitative estimate of drug-likeness (QED) is 0.936. The number of aryl methyl sites for hydroxylation is 1. The molecule has 0 aromatic carbocycles. The summed E-state index contributed by atoms with van der Waals surface area (Å²) in [5, 5.41) is 0.476. The van der Waals surface area contributed by atoms with Crippen LogP contribution < -0.4 is 5.73 Å². The van der Waals surface area contributed by atoms with Gasteiger partial charge in [0.15, 0.2) is 5.13 Å². The van der Waals surface area contributed by atoms with E-state index in [2.05, 4.69) is 9.97 Å². The van der Waals surface area contributed by atoms with Crippen molar-refractivity contribution >= 4 is 16.5 Å². The third-order valence-electron chi connectivity index (χ3n) is 3.04. The SMILES string of the molecule is Cc1nc(N)sc1-c1ccnc(C(C)(CF)CF)c1. The van der Waals surface area contributed by atoms with Crippen molar-refractivity contribution < 1.29 is 8.78 Å². The predicted octanol–water partition coefficient (Wildman–Crippen LogP) is 3.29. The number of nitrogen functional groups attached to an aromatic ring is 1. The van der Waals surface area contributed by atoms with Gasteiger partial charge in [0.05, 0.1) is 21.7 Å². The molecule has 102 valence electrons. The van der Waals surface area contributed by atoms with Gasteiger partial charge in [0.1, 0.15) is 13.3 Å². The van der Waals surface area contributed by atoms with Crippen LogP contribution >= 0.6 is 11.3 Å². The normalized spacial score (nSPS) is 11.8. The van der Waals surface area contributed by atoms with Gasteiger partial charge in [-0.05, 0) is 31.5 Å². The van der Waals surface area contributed by atoms with Crippen LogP contribution in [0.1, 0.15) is 18.3 Å². The molecule has 0 amide bonds. The molecule has 2 heterocycles. The number of hydrogen-bond donors (Lipinski definition) is 1. The van der Waals surface area contributed by atoms with Crippen molar-refractivity contribution in [1.29, 1.82) is 0 Å². The molecule has 0 aliphatic rings. The van der Waals surface area contributed by atoms with Crippen LogP contribution in [0.15, 0.2) is 18.3 Å². The van der Waals surface area contributed by atoms with Crippen LogP contribution in [0.3, 0.4) is 0 Å². The lowest BCUT2D eigenvalue weighted by Gasteiger charge is -2.22. The monoisotopic (exact) mass is 283 g/mol. The molecule has 0 unspecified atom stereocenters. The van der Waals surface area contributed by atoms with E-state index in [4.69, 9.17) is 5.73 Å². The summed E-state index contributed by atoms with van der Waals surface area (Å²) in [6.45, 7) is 1.80. The van der Waals surface area contributed by atoms with Gasteiger partial charge in [-0.15, -0.1) is 0 Å². The number of alkyl halides is 2. The van der Waals surface area contributed by atoms with E-state index >= 15 is 0 Å². The Morgan fingerprint density at radius 2 is 2.05 bits per heavy atom. The van der Waals surface area contributed by atoms with Crippen LogP contribution in [0.4, 0.5) is 13.9 Å². The maximum atomic E-state index is 13.0. The Labute approximate surface area is 114 Å². The summed E-state index contributed by atoms with van der Waals surface area (Å²) in [5.74, 6) is 0. The Balaban J connectivity index is 2.48. The Hall–Kier alpha value is -1.56. The van der Waals surface area contributed by atoms with Gasteiger partial charge in [-0.1, -0.05) is 11.3 Å². The zero-order chi connectivity index (χ0) is 14.0. The average molecular weight is 283 g/mol. The van der Waals surface area contributed by atoms with Crippen molar-refractivity contribution in [3.63, 3.8) is 0 Å². The van der Waals surface area contributed by atoms with Crippen molar-refractivity contribution in [3.05, 3.63) is 29.7 Å². The molecule has 0 saturated carbocycles. The van der Waals surface area contributed by atoms with Crippen LogP contribution in [-0.2, 0) is 5.41 Å². The minimum Gasteiger partial charge on any atom is -0.375 e. The van der Waals surface area contributed by atoms with Gasteiger partial charge in [-0.2, -0.15) is 0 Å². The molecule has 0 bridgehead atoms. The smallest absolute Gasteiger partial charge is 0.180 e. The van der Waals surface area contributed by atoms with Gasteiger partial charge >= 0.3 is 0 Å². The van der Waals surface area contributed by atoms with Crippen molar-refractivity contribution in [2.75, 3.05) is 19.1 Å². The van der Waals surface area contributed by atoms with E-state index in [1.807, 2.05) is 6.92 Å². The van der Waals surface area contributed by atoms with Gasteiger partial charge in [-0.3, -0.25) is 4.98 Å². The lowest BCUT2D eigenvalue weighted by Crippen LogP contribution is -2.28. The van der Waals surface area contributed by atoms with E-state index in [0.29, 0.717) is 10.8 Å². The molecule has 0 saturated heterocycles. The van der Waals surface area contributed by atoms with E-state index in [1.54, 1.807) is 18.3 Å². The van der Waals surface area contributed by atoms with Crippen LogP contribution in [0, 0.1) is 6.92 Å². The van der Waals surface area contributed by atoms with Gasteiger partial charge < -0.3 is 5.73 Å². The summed E-state index contributed by atoms with van der Waals surface area (Å²) in [6.07, 6.45) is 1.56. The Morgan fingerprint density at radius 3 is 2.58 bits per heavy atom. The fourth-order valence-corrected chi connectivity index (χ4v) is 2.59. The van der Waals surface area contributed by atoms with Crippen LogP contribution in [-0.4, -0.2) is 23.3 Å². The van der Waals surface area contributed by atoms with Crippen molar-refractivity contribution in [3.8, 4) is 10.4 Å². The Morgan fingerprint density at radius 1 is 1.37 bits per heavy atom. The van der Waals surface area contributed by atoms with E-state index in [9.17, 15) is 8.78 Å². The number of thiazole rings is 1. The fraction of sp³-hybridized carbons (Fsp3) is 0.385. The lowest BCUT2D eigenvalue weighted by atomic mass is 9.88. The molecule has 3 nitrogen and oxygen atoms in total. The molecule has 0 aliphatic heterocycles. The topological polar surface area (TPSA) is 51.8 Å². The number of aromatic nitrogens is 2. The van der Waals surface area contributed by atoms with Gasteiger partial charge in [0, 0.05) is 6.20 Å². The summed E-state index contributed by atoms with van der Waals surface area (Å²) in [7, 11) is 0. The zero-order valence-electron chi connectivity index (χ0n) is 10.8. The van der Waals surface area contributed by atoms with E-state index in [1.165, 1.54) is 18.3 Å². The molecule has 19 heavy (non-hydrogen) atoms. The van der Waals surface area contributed by atoms with Crippen molar-refractivity contribution in [2.45, 2.75) is 19.3 Å². The highest BCUT2D eigenvalue weighted by molar-refractivity contribution is 7.18. The molecule has 2 aromatic heterocycles. The first-order chi connectivity index (χ1) is 9.00. The summed E-state index contributed by atoms with van der Waals surface area (Å²) in [5.41, 5.74) is 6.52. The predicted molar refractivity (Wildman–Crippen MR) is 73.8 cm³/mol. The van der Waals surface area contributed by atoms with Gasteiger partial charge in [0.2, 0.25) is 0 Å². The lowest BCUT2D eigenvalue weighted by molar-refractivity contribution is 0.253. The molecular weight excluding hydrogens is 268 g/mol. The van der Waals surface area contributed by atoms with E-state index < -0.39 is 18.8 Å². The first kappa shape index (κ1) is 13.9. The number of nitrogens with two attached hydrogens (primary N) is 1. The summed E-state index contributed by atoms with van der Waals surface area (Å²) >= 11 is 1.35. The molecule has 0 fully saturated rings. The molecule has 0 atom stereocenters. The van der Waals surface area contributed by atoms with E-state index in [-0.39, 0.29) is 0 Å². The second-order valence-corrected chi connectivity index (χ2v) is 5.75. The molecule has 2 aromatic rings. The summed E-state index contributed by atoms with van der Waals surface area (Å²) in [6, 6.07) is 3.50. The van der Waals surface area contributed by atoms with Crippen LogP contribution in [0.25, 0.3) is 10.4 Å². The molecule has 2 N–H and O–H groups in total. The largest absolute Gasteiger partial charge is 0.375 e. The fourth-order valence-electron chi connectivity index (χ4n) is 1.76. The number of pyridine rings is 1. The highest BCUT2D eigenvalue weighted by atomic mass is 32.1. The molecule has 6 heteroatoms. The van der Waals surface area contributed by atoms with Crippen molar-refractivity contribution in [2.24, 2.45) is 0 Å². The summed E-state index contributed by atoms with van der Waals surface area (Å²) in [4.78, 5) is 9.14. The van der Waals surface area contributed by atoms with Crippen LogP contribution in [0.2, 0.25) is 0 Å². The number of rotatable bonds is 4.